The molecular formula is C20H30N4O3. The summed E-state index contributed by atoms with van der Waals surface area (Å²) in [7, 11) is 1.69. The molecule has 27 heavy (non-hydrogen) atoms. The Balaban J connectivity index is 1.87. The summed E-state index contributed by atoms with van der Waals surface area (Å²) in [6.45, 7) is 7.41. The van der Waals surface area contributed by atoms with E-state index in [1.54, 1.807) is 7.05 Å². The van der Waals surface area contributed by atoms with Crippen LogP contribution in [0, 0.1) is 6.92 Å². The predicted molar refractivity (Wildman–Crippen MR) is 106 cm³/mol. The monoisotopic (exact) mass is 374 g/mol. The number of aryl methyl sites for hydroxylation is 1. The van der Waals surface area contributed by atoms with E-state index in [-0.39, 0.29) is 17.9 Å². The lowest BCUT2D eigenvalue weighted by atomic mass is 10.1. The van der Waals surface area contributed by atoms with Gasteiger partial charge >= 0.3 is 0 Å². The van der Waals surface area contributed by atoms with Gasteiger partial charge in [0.2, 0.25) is 11.8 Å². The molecule has 1 fully saturated rings. The molecule has 0 aromatic heterocycles. The molecule has 1 saturated heterocycles. The number of nitrogens with one attached hydrogen (secondary N) is 2. The lowest BCUT2D eigenvalue weighted by molar-refractivity contribution is -0.147. The van der Waals surface area contributed by atoms with Gasteiger partial charge in [0.25, 0.3) is 0 Å². The third kappa shape index (κ3) is 6.27. The fourth-order valence-electron chi connectivity index (χ4n) is 2.91. The second kappa shape index (κ2) is 9.94. The Morgan fingerprint density at radius 1 is 1.22 bits per heavy atom. The highest BCUT2D eigenvalue weighted by atomic mass is 16.5. The maximum Gasteiger partial charge on any atom is 0.229 e. The molecule has 0 saturated carbocycles. The Kier molecular flexibility index (Phi) is 7.64. The van der Waals surface area contributed by atoms with Crippen LogP contribution < -0.4 is 15.4 Å². The van der Waals surface area contributed by atoms with Gasteiger partial charge in [0, 0.05) is 45.1 Å². The molecular weight excluding hydrogens is 344 g/mol. The van der Waals surface area contributed by atoms with Gasteiger partial charge < -0.3 is 15.4 Å². The number of ether oxygens (including phenoxy) is 1. The van der Waals surface area contributed by atoms with Crippen molar-refractivity contribution in [2.75, 3.05) is 20.1 Å². The van der Waals surface area contributed by atoms with Crippen molar-refractivity contribution < 1.29 is 14.3 Å². The molecule has 0 radical (unpaired) electrons. The molecule has 1 aromatic carbocycles. The molecule has 0 aliphatic carbocycles. The van der Waals surface area contributed by atoms with E-state index in [1.165, 1.54) is 4.90 Å². The van der Waals surface area contributed by atoms with Crippen LogP contribution >= 0.6 is 0 Å². The number of likely N-dealkylation sites (tertiary alicyclic amines) is 1. The molecule has 2 rings (SSSR count). The molecule has 1 heterocycles. The molecule has 1 aromatic rings. The number of nitrogens with zero attached hydrogens (tertiary/aromatic N) is 2. The number of hydrogen-bond donors (Lipinski definition) is 2. The van der Waals surface area contributed by atoms with E-state index < -0.39 is 0 Å². The van der Waals surface area contributed by atoms with Crippen molar-refractivity contribution in [1.82, 2.24) is 15.5 Å². The lowest BCUT2D eigenvalue weighted by Crippen LogP contribution is -2.46. The van der Waals surface area contributed by atoms with Crippen molar-refractivity contribution in [3.8, 4) is 5.75 Å². The van der Waals surface area contributed by atoms with Crippen molar-refractivity contribution in [3.05, 3.63) is 29.3 Å². The second-order valence-electron chi connectivity index (χ2n) is 6.92. The Morgan fingerprint density at radius 2 is 1.93 bits per heavy atom. The van der Waals surface area contributed by atoms with Crippen LogP contribution in [0.5, 0.6) is 5.75 Å². The molecule has 0 spiro atoms. The molecule has 1 aliphatic heterocycles. The summed E-state index contributed by atoms with van der Waals surface area (Å²) in [4.78, 5) is 29.2. The van der Waals surface area contributed by atoms with E-state index in [2.05, 4.69) is 15.6 Å². The van der Waals surface area contributed by atoms with E-state index in [9.17, 15) is 9.59 Å². The highest BCUT2D eigenvalue weighted by molar-refractivity contribution is 5.97. The fraction of sp³-hybridized carbons (Fsp3) is 0.550. The SMILES string of the molecule is CN=C(NCCN1C(=O)CCCC1=O)NCc1ccc(C)cc1OC(C)C. The van der Waals surface area contributed by atoms with Crippen molar-refractivity contribution in [1.29, 1.82) is 0 Å². The summed E-state index contributed by atoms with van der Waals surface area (Å²) in [5.74, 6) is 1.29. The first-order chi connectivity index (χ1) is 12.9. The second-order valence-corrected chi connectivity index (χ2v) is 6.92. The van der Waals surface area contributed by atoms with Crippen molar-refractivity contribution in [2.24, 2.45) is 4.99 Å². The largest absolute Gasteiger partial charge is 0.491 e. The number of aliphatic imine (C=N–C) groups is 1. The van der Waals surface area contributed by atoms with E-state index in [0.717, 1.165) is 16.9 Å². The average Bonchev–Trinajstić information content (AvgIpc) is 2.61. The zero-order chi connectivity index (χ0) is 19.8. The van der Waals surface area contributed by atoms with Gasteiger partial charge in [-0.3, -0.25) is 19.5 Å². The fourth-order valence-corrected chi connectivity index (χ4v) is 2.91. The number of amides is 2. The van der Waals surface area contributed by atoms with Crippen LogP contribution in [0.15, 0.2) is 23.2 Å². The average molecular weight is 374 g/mol. The number of carbonyl (C=O) groups is 2. The quantitative estimate of drug-likeness (QED) is 0.433. The summed E-state index contributed by atoms with van der Waals surface area (Å²) >= 11 is 0. The first-order valence-electron chi connectivity index (χ1n) is 9.44. The van der Waals surface area contributed by atoms with Gasteiger partial charge in [-0.2, -0.15) is 0 Å². The molecule has 7 heteroatoms. The molecule has 0 bridgehead atoms. The molecule has 2 amide bonds. The van der Waals surface area contributed by atoms with Gasteiger partial charge in [-0.05, 0) is 38.8 Å². The molecule has 2 N–H and O–H groups in total. The van der Waals surface area contributed by atoms with Crippen molar-refractivity contribution in [2.45, 2.75) is 52.7 Å². The normalized spacial score (nSPS) is 15.3. The lowest BCUT2D eigenvalue weighted by Gasteiger charge is -2.25. The minimum absolute atomic E-state index is 0.0915. The summed E-state index contributed by atoms with van der Waals surface area (Å²) in [6.07, 6.45) is 1.65. The molecule has 0 unspecified atom stereocenters. The number of imide groups is 1. The summed E-state index contributed by atoms with van der Waals surface area (Å²) < 4.78 is 5.89. The number of hydrogen-bond acceptors (Lipinski definition) is 4. The van der Waals surface area contributed by atoms with Crippen LogP contribution in [0.25, 0.3) is 0 Å². The van der Waals surface area contributed by atoms with E-state index in [0.29, 0.717) is 44.9 Å². The first kappa shape index (κ1) is 20.7. The maximum absolute atomic E-state index is 11.8. The van der Waals surface area contributed by atoms with Gasteiger partial charge in [-0.1, -0.05) is 12.1 Å². The Bertz CT molecular complexity index is 684. The topological polar surface area (TPSA) is 83.0 Å². The smallest absolute Gasteiger partial charge is 0.229 e. The number of piperidine rings is 1. The van der Waals surface area contributed by atoms with Crippen LogP contribution in [0.2, 0.25) is 0 Å². The Labute approximate surface area is 161 Å². The number of carbonyl (C=O) groups excluding carboxylic acids is 2. The van der Waals surface area contributed by atoms with Gasteiger partial charge in [0.05, 0.1) is 6.10 Å². The van der Waals surface area contributed by atoms with Gasteiger partial charge in [0.15, 0.2) is 5.96 Å². The van der Waals surface area contributed by atoms with Crippen LogP contribution in [0.3, 0.4) is 0 Å². The third-order valence-corrected chi connectivity index (χ3v) is 4.27. The zero-order valence-electron chi connectivity index (χ0n) is 16.7. The molecule has 7 nitrogen and oxygen atoms in total. The van der Waals surface area contributed by atoms with Crippen LogP contribution in [-0.4, -0.2) is 48.9 Å². The predicted octanol–water partition coefficient (Wildman–Crippen LogP) is 1.99. The van der Waals surface area contributed by atoms with Gasteiger partial charge in [-0.15, -0.1) is 0 Å². The van der Waals surface area contributed by atoms with E-state index in [4.69, 9.17) is 4.74 Å². The number of rotatable bonds is 7. The highest BCUT2D eigenvalue weighted by Gasteiger charge is 2.25. The molecule has 0 atom stereocenters. The van der Waals surface area contributed by atoms with E-state index in [1.807, 2.05) is 39.0 Å². The Morgan fingerprint density at radius 3 is 2.56 bits per heavy atom. The highest BCUT2D eigenvalue weighted by Crippen LogP contribution is 2.21. The minimum Gasteiger partial charge on any atom is -0.491 e. The summed E-state index contributed by atoms with van der Waals surface area (Å²) in [6, 6.07) is 6.12. The third-order valence-electron chi connectivity index (χ3n) is 4.27. The zero-order valence-corrected chi connectivity index (χ0v) is 16.7. The maximum atomic E-state index is 11.8. The van der Waals surface area contributed by atoms with Crippen molar-refractivity contribution in [3.63, 3.8) is 0 Å². The van der Waals surface area contributed by atoms with E-state index >= 15 is 0 Å². The summed E-state index contributed by atoms with van der Waals surface area (Å²) in [5.41, 5.74) is 2.19. The first-order valence-corrected chi connectivity index (χ1v) is 9.44. The summed E-state index contributed by atoms with van der Waals surface area (Å²) in [5, 5.41) is 6.40. The minimum atomic E-state index is -0.0915. The number of guanidine groups is 1. The van der Waals surface area contributed by atoms with Gasteiger partial charge in [-0.25, -0.2) is 0 Å². The van der Waals surface area contributed by atoms with Crippen molar-refractivity contribution >= 4 is 17.8 Å². The molecule has 1 aliphatic rings. The van der Waals surface area contributed by atoms with Gasteiger partial charge in [0.1, 0.15) is 5.75 Å². The van der Waals surface area contributed by atoms with Crippen LogP contribution in [0.4, 0.5) is 0 Å². The van der Waals surface area contributed by atoms with Crippen LogP contribution in [-0.2, 0) is 16.1 Å². The van der Waals surface area contributed by atoms with Crippen LogP contribution in [0.1, 0.15) is 44.2 Å². The standard InChI is InChI=1S/C20H30N4O3/c1-14(2)27-17-12-15(3)8-9-16(17)13-23-20(21-4)22-10-11-24-18(25)6-5-7-19(24)26/h8-9,12,14H,5-7,10-11,13H2,1-4H3,(H2,21,22,23). The molecule has 148 valence electrons. The number of benzene rings is 1. The Hall–Kier alpha value is -2.57.